The van der Waals surface area contributed by atoms with E-state index in [-0.39, 0.29) is 11.3 Å². The van der Waals surface area contributed by atoms with Gasteiger partial charge in [-0.25, -0.2) is 0 Å². The lowest BCUT2D eigenvalue weighted by Gasteiger charge is -2.17. The Morgan fingerprint density at radius 2 is 1.75 bits per heavy atom. The van der Waals surface area contributed by atoms with Crippen LogP contribution in [0.25, 0.3) is 11.1 Å². The molecule has 36 heavy (non-hydrogen) atoms. The molecule has 8 heteroatoms. The fourth-order valence-corrected chi connectivity index (χ4v) is 4.57. The maximum Gasteiger partial charge on any atom is 0.223 e. The van der Waals surface area contributed by atoms with Crippen molar-refractivity contribution in [2.45, 2.75) is 25.7 Å². The normalized spacial score (nSPS) is 11.2. The molecule has 1 aromatic carbocycles. The fourth-order valence-electron chi connectivity index (χ4n) is 3.66. The molecule has 2 aromatic heterocycles. The summed E-state index contributed by atoms with van der Waals surface area (Å²) in [7, 11) is 5.45. The van der Waals surface area contributed by atoms with Gasteiger partial charge in [-0.15, -0.1) is 11.3 Å². The van der Waals surface area contributed by atoms with E-state index in [0.29, 0.717) is 13.0 Å². The van der Waals surface area contributed by atoms with Crippen molar-refractivity contribution in [3.8, 4) is 16.5 Å². The second-order valence-corrected chi connectivity index (χ2v) is 9.65. The molecule has 1 amide bonds. The third kappa shape index (κ3) is 9.02. The van der Waals surface area contributed by atoms with Crippen LogP contribution in [-0.4, -0.2) is 56.3 Å². The quantitative estimate of drug-likeness (QED) is 0.326. The van der Waals surface area contributed by atoms with Crippen molar-refractivity contribution in [1.29, 1.82) is 0 Å². The number of carbonyl (C=O) groups is 1. The molecule has 0 spiro atoms. The Bertz CT molecular complexity index is 1160. The molecule has 0 aliphatic carbocycles. The first-order valence-corrected chi connectivity index (χ1v) is 12.9. The summed E-state index contributed by atoms with van der Waals surface area (Å²) >= 11 is 1.60. The average Bonchev–Trinajstić information content (AvgIpc) is 3.36. The van der Waals surface area contributed by atoms with Gasteiger partial charge in [-0.2, -0.15) is 0 Å². The van der Waals surface area contributed by atoms with Gasteiger partial charge in [0.25, 0.3) is 0 Å². The SMILES string of the molecule is COc1cc(CCN(C)CCCCNC(=O)CC=Cc2ccc(-n3ccc(=O)cc3)s2)cc(OC)c1. The molecule has 0 aliphatic heterocycles. The van der Waals surface area contributed by atoms with E-state index in [2.05, 4.69) is 17.3 Å². The standard InChI is InChI=1S/C28H35N3O4S/c1-30(16-11-22-19-24(34-2)21-25(20-22)35-3)15-5-4-14-29-27(33)8-6-7-26-9-10-28(36-26)31-17-12-23(32)13-18-31/h6-7,9-10,12-13,17-21H,4-5,8,11,14-16H2,1-3H3,(H,29,33). The van der Waals surface area contributed by atoms with Gasteiger partial charge in [0.1, 0.15) is 11.5 Å². The maximum absolute atomic E-state index is 12.1. The minimum atomic E-state index is -0.00762. The smallest absolute Gasteiger partial charge is 0.223 e. The van der Waals surface area contributed by atoms with Crippen LogP contribution in [0.1, 0.15) is 29.7 Å². The predicted molar refractivity (Wildman–Crippen MR) is 147 cm³/mol. The number of nitrogens with one attached hydrogen (secondary N) is 1. The summed E-state index contributed by atoms with van der Waals surface area (Å²) in [5, 5.41) is 4.02. The third-order valence-electron chi connectivity index (χ3n) is 5.73. The number of likely N-dealkylation sites (N-methyl/N-ethyl adjacent to an activating group) is 1. The molecule has 2 heterocycles. The number of pyridine rings is 1. The Balaban J connectivity index is 1.29. The highest BCUT2D eigenvalue weighted by molar-refractivity contribution is 7.15. The molecule has 0 unspecified atom stereocenters. The number of methoxy groups -OCH3 is 2. The van der Waals surface area contributed by atoms with E-state index in [4.69, 9.17) is 9.47 Å². The number of benzene rings is 1. The Hall–Kier alpha value is -3.36. The van der Waals surface area contributed by atoms with Crippen molar-refractivity contribution in [2.75, 3.05) is 40.9 Å². The molecule has 0 fully saturated rings. The Morgan fingerprint density at radius 1 is 1.03 bits per heavy atom. The van der Waals surface area contributed by atoms with Crippen molar-refractivity contribution < 1.29 is 14.3 Å². The van der Waals surface area contributed by atoms with Crippen LogP contribution in [0.4, 0.5) is 0 Å². The molecule has 7 nitrogen and oxygen atoms in total. The van der Waals surface area contributed by atoms with Gasteiger partial charge >= 0.3 is 0 Å². The van der Waals surface area contributed by atoms with Gasteiger partial charge in [-0.05, 0) is 68.8 Å². The van der Waals surface area contributed by atoms with E-state index >= 15 is 0 Å². The lowest BCUT2D eigenvalue weighted by atomic mass is 10.1. The van der Waals surface area contributed by atoms with Gasteiger partial charge in [0.15, 0.2) is 5.43 Å². The zero-order valence-corrected chi connectivity index (χ0v) is 22.1. The topological polar surface area (TPSA) is 72.8 Å². The van der Waals surface area contributed by atoms with Crippen LogP contribution in [0.5, 0.6) is 11.5 Å². The zero-order chi connectivity index (χ0) is 25.8. The first kappa shape index (κ1) is 27.2. The number of carbonyl (C=O) groups excluding carboxylic acids is 1. The fraction of sp³-hybridized carbons (Fsp3) is 0.357. The van der Waals surface area contributed by atoms with Crippen molar-refractivity contribution in [1.82, 2.24) is 14.8 Å². The molecule has 0 radical (unpaired) electrons. The zero-order valence-electron chi connectivity index (χ0n) is 21.2. The summed E-state index contributed by atoms with van der Waals surface area (Å²) in [4.78, 5) is 26.7. The molecule has 0 saturated carbocycles. The minimum Gasteiger partial charge on any atom is -0.497 e. The summed E-state index contributed by atoms with van der Waals surface area (Å²) in [5.74, 6) is 1.65. The summed E-state index contributed by atoms with van der Waals surface area (Å²) in [6, 6.07) is 13.1. The largest absolute Gasteiger partial charge is 0.497 e. The second kappa shape index (κ2) is 14.3. The average molecular weight is 510 g/mol. The van der Waals surface area contributed by atoms with E-state index in [1.807, 2.05) is 47.1 Å². The predicted octanol–water partition coefficient (Wildman–Crippen LogP) is 4.39. The van der Waals surface area contributed by atoms with E-state index < -0.39 is 0 Å². The first-order chi connectivity index (χ1) is 17.5. The third-order valence-corrected chi connectivity index (χ3v) is 6.80. The number of aromatic nitrogens is 1. The first-order valence-electron chi connectivity index (χ1n) is 12.1. The lowest BCUT2D eigenvalue weighted by molar-refractivity contribution is -0.120. The van der Waals surface area contributed by atoms with Gasteiger partial charge in [-0.1, -0.05) is 6.08 Å². The number of ether oxygens (including phenoxy) is 2. The van der Waals surface area contributed by atoms with Crippen LogP contribution in [0, 0.1) is 0 Å². The molecule has 3 rings (SSSR count). The number of rotatable bonds is 14. The van der Waals surface area contributed by atoms with E-state index in [9.17, 15) is 9.59 Å². The van der Waals surface area contributed by atoms with Crippen LogP contribution in [-0.2, 0) is 11.2 Å². The van der Waals surface area contributed by atoms with Gasteiger partial charge in [-0.3, -0.25) is 9.59 Å². The second-order valence-electron chi connectivity index (χ2n) is 8.55. The monoisotopic (exact) mass is 509 g/mol. The number of thiophene rings is 1. The lowest BCUT2D eigenvalue weighted by Crippen LogP contribution is -2.26. The van der Waals surface area contributed by atoms with Gasteiger partial charge in [0.2, 0.25) is 5.91 Å². The number of hydrogen-bond donors (Lipinski definition) is 1. The molecular weight excluding hydrogens is 474 g/mol. The highest BCUT2D eigenvalue weighted by Gasteiger charge is 2.05. The summed E-state index contributed by atoms with van der Waals surface area (Å²) in [6.45, 7) is 2.61. The summed E-state index contributed by atoms with van der Waals surface area (Å²) in [6.07, 6.45) is 10.6. The van der Waals surface area contributed by atoms with Crippen molar-refractivity contribution in [2.24, 2.45) is 0 Å². The summed E-state index contributed by atoms with van der Waals surface area (Å²) in [5.41, 5.74) is 1.18. The molecule has 0 atom stereocenters. The van der Waals surface area contributed by atoms with Gasteiger partial charge in [0, 0.05) is 55.0 Å². The number of hydrogen-bond acceptors (Lipinski definition) is 6. The molecular formula is C28H35N3O4S. The van der Waals surface area contributed by atoms with Crippen molar-refractivity contribution in [3.05, 3.63) is 81.6 Å². The Kier molecular flexibility index (Phi) is 10.8. The highest BCUT2D eigenvalue weighted by Crippen LogP contribution is 2.23. The molecule has 0 bridgehead atoms. The highest BCUT2D eigenvalue weighted by atomic mass is 32.1. The molecule has 3 aromatic rings. The van der Waals surface area contributed by atoms with Crippen molar-refractivity contribution in [3.63, 3.8) is 0 Å². The minimum absolute atomic E-state index is 0.00762. The van der Waals surface area contributed by atoms with Crippen LogP contribution in [0.3, 0.4) is 0 Å². The molecule has 0 saturated heterocycles. The Labute approximate surface area is 217 Å². The molecule has 192 valence electrons. The number of nitrogens with zero attached hydrogens (tertiary/aromatic N) is 2. The van der Waals surface area contributed by atoms with E-state index in [1.54, 1.807) is 38.0 Å². The number of amides is 1. The van der Waals surface area contributed by atoms with Gasteiger partial charge in [0.05, 0.1) is 19.2 Å². The van der Waals surface area contributed by atoms with E-state index in [0.717, 1.165) is 53.7 Å². The van der Waals surface area contributed by atoms with Crippen LogP contribution >= 0.6 is 11.3 Å². The number of unbranched alkanes of at least 4 members (excludes halogenated alkanes) is 1. The van der Waals surface area contributed by atoms with Crippen LogP contribution in [0.15, 0.2) is 65.7 Å². The summed E-state index contributed by atoms with van der Waals surface area (Å²) < 4.78 is 12.6. The molecule has 1 N–H and O–H groups in total. The Morgan fingerprint density at radius 3 is 2.44 bits per heavy atom. The molecule has 0 aliphatic rings. The van der Waals surface area contributed by atoms with E-state index in [1.165, 1.54) is 17.7 Å². The maximum atomic E-state index is 12.1. The van der Waals surface area contributed by atoms with Crippen LogP contribution < -0.4 is 20.2 Å². The van der Waals surface area contributed by atoms with Gasteiger partial charge < -0.3 is 24.3 Å². The van der Waals surface area contributed by atoms with Crippen molar-refractivity contribution >= 4 is 23.3 Å². The van der Waals surface area contributed by atoms with Crippen LogP contribution in [0.2, 0.25) is 0 Å².